The second-order valence-corrected chi connectivity index (χ2v) is 4.55. The SMILES string of the molecule is CC1CN(C(C)C)c2c(C=O)cccc21. The second-order valence-electron chi connectivity index (χ2n) is 4.55. The summed E-state index contributed by atoms with van der Waals surface area (Å²) in [4.78, 5) is 13.3. The molecule has 0 saturated heterocycles. The van der Waals surface area contributed by atoms with Gasteiger partial charge in [-0.3, -0.25) is 4.79 Å². The van der Waals surface area contributed by atoms with Gasteiger partial charge in [0.1, 0.15) is 0 Å². The van der Waals surface area contributed by atoms with Gasteiger partial charge in [-0.05, 0) is 25.5 Å². The molecule has 0 amide bonds. The smallest absolute Gasteiger partial charge is 0.152 e. The lowest BCUT2D eigenvalue weighted by Crippen LogP contribution is -2.29. The first-order valence-electron chi connectivity index (χ1n) is 5.50. The average Bonchev–Trinajstić information content (AvgIpc) is 2.56. The van der Waals surface area contributed by atoms with Crippen molar-refractivity contribution in [1.29, 1.82) is 0 Å². The molecule has 0 aliphatic carbocycles. The second kappa shape index (κ2) is 3.69. The third-order valence-corrected chi connectivity index (χ3v) is 3.14. The van der Waals surface area contributed by atoms with Crippen LogP contribution in [-0.4, -0.2) is 18.9 Å². The number of hydrogen-bond donors (Lipinski definition) is 0. The lowest BCUT2D eigenvalue weighted by Gasteiger charge is -2.25. The van der Waals surface area contributed by atoms with Crippen LogP contribution in [0.2, 0.25) is 0 Å². The molecular weight excluding hydrogens is 186 g/mol. The Hall–Kier alpha value is -1.31. The van der Waals surface area contributed by atoms with Crippen molar-refractivity contribution in [3.63, 3.8) is 0 Å². The van der Waals surface area contributed by atoms with Crippen LogP contribution in [-0.2, 0) is 0 Å². The van der Waals surface area contributed by atoms with Crippen molar-refractivity contribution in [2.24, 2.45) is 0 Å². The van der Waals surface area contributed by atoms with E-state index < -0.39 is 0 Å². The van der Waals surface area contributed by atoms with Gasteiger partial charge in [0, 0.05) is 24.1 Å². The van der Waals surface area contributed by atoms with E-state index in [1.165, 1.54) is 5.56 Å². The van der Waals surface area contributed by atoms with E-state index in [-0.39, 0.29) is 0 Å². The summed E-state index contributed by atoms with van der Waals surface area (Å²) >= 11 is 0. The van der Waals surface area contributed by atoms with E-state index in [0.717, 1.165) is 24.1 Å². The minimum atomic E-state index is 0.454. The molecule has 0 radical (unpaired) electrons. The Morgan fingerprint density at radius 2 is 2.20 bits per heavy atom. The number of rotatable bonds is 2. The number of carbonyl (C=O) groups is 1. The number of anilines is 1. The monoisotopic (exact) mass is 203 g/mol. The van der Waals surface area contributed by atoms with Gasteiger partial charge in [-0.2, -0.15) is 0 Å². The Labute approximate surface area is 90.9 Å². The van der Waals surface area contributed by atoms with Crippen molar-refractivity contribution in [3.8, 4) is 0 Å². The van der Waals surface area contributed by atoms with E-state index >= 15 is 0 Å². The molecule has 0 bridgehead atoms. The molecule has 0 aromatic heterocycles. The average molecular weight is 203 g/mol. The van der Waals surface area contributed by atoms with Crippen molar-refractivity contribution < 1.29 is 4.79 Å². The fraction of sp³-hybridized carbons (Fsp3) is 0.462. The molecule has 2 heteroatoms. The van der Waals surface area contributed by atoms with Crippen LogP contribution in [0, 0.1) is 0 Å². The van der Waals surface area contributed by atoms with Crippen LogP contribution in [0.15, 0.2) is 18.2 Å². The first-order chi connectivity index (χ1) is 7.15. The molecular formula is C13H17NO. The predicted molar refractivity (Wildman–Crippen MR) is 62.7 cm³/mol. The van der Waals surface area contributed by atoms with E-state index in [1.54, 1.807) is 0 Å². The van der Waals surface area contributed by atoms with Crippen molar-refractivity contribution in [2.75, 3.05) is 11.4 Å². The quantitative estimate of drug-likeness (QED) is 0.689. The van der Waals surface area contributed by atoms with Gasteiger partial charge in [0.05, 0.1) is 5.69 Å². The fourth-order valence-corrected chi connectivity index (χ4v) is 2.36. The number of fused-ring (bicyclic) bond motifs is 1. The molecule has 1 aliphatic rings. The van der Waals surface area contributed by atoms with Crippen molar-refractivity contribution in [1.82, 2.24) is 0 Å². The first kappa shape index (κ1) is 10.2. The van der Waals surface area contributed by atoms with Crippen LogP contribution in [0.4, 0.5) is 5.69 Å². The van der Waals surface area contributed by atoms with Gasteiger partial charge in [-0.1, -0.05) is 19.1 Å². The third kappa shape index (κ3) is 1.54. The molecule has 15 heavy (non-hydrogen) atoms. The predicted octanol–water partition coefficient (Wildman–Crippen LogP) is 2.83. The Morgan fingerprint density at radius 3 is 2.80 bits per heavy atom. The van der Waals surface area contributed by atoms with Gasteiger partial charge in [0.25, 0.3) is 0 Å². The summed E-state index contributed by atoms with van der Waals surface area (Å²) in [6.45, 7) is 7.58. The Morgan fingerprint density at radius 1 is 1.47 bits per heavy atom. The Kier molecular flexibility index (Phi) is 2.51. The van der Waals surface area contributed by atoms with E-state index in [2.05, 4.69) is 31.7 Å². The summed E-state index contributed by atoms with van der Waals surface area (Å²) in [7, 11) is 0. The van der Waals surface area contributed by atoms with Crippen LogP contribution in [0.5, 0.6) is 0 Å². The lowest BCUT2D eigenvalue weighted by atomic mass is 10.0. The van der Waals surface area contributed by atoms with Gasteiger partial charge in [0.2, 0.25) is 0 Å². The van der Waals surface area contributed by atoms with Crippen LogP contribution >= 0.6 is 0 Å². The zero-order valence-corrected chi connectivity index (χ0v) is 9.53. The molecule has 0 saturated carbocycles. The summed E-state index contributed by atoms with van der Waals surface area (Å²) in [5.41, 5.74) is 3.29. The van der Waals surface area contributed by atoms with E-state index in [4.69, 9.17) is 0 Å². The number of nitrogens with zero attached hydrogens (tertiary/aromatic N) is 1. The minimum absolute atomic E-state index is 0.454. The molecule has 1 aromatic carbocycles. The number of benzene rings is 1. The molecule has 1 aromatic rings. The molecule has 1 atom stereocenters. The number of aldehydes is 1. The first-order valence-corrected chi connectivity index (χ1v) is 5.50. The standard InChI is InChI=1S/C13H17NO/c1-9(2)14-7-10(3)12-6-4-5-11(8-15)13(12)14/h4-6,8-10H,7H2,1-3H3. The maximum atomic E-state index is 11.0. The van der Waals surface area contributed by atoms with E-state index in [1.807, 2.05) is 12.1 Å². The molecule has 2 rings (SSSR count). The summed E-state index contributed by atoms with van der Waals surface area (Å²) in [6.07, 6.45) is 0.965. The van der Waals surface area contributed by atoms with Gasteiger partial charge in [-0.25, -0.2) is 0 Å². The molecule has 0 spiro atoms. The molecule has 1 heterocycles. The zero-order chi connectivity index (χ0) is 11.0. The normalized spacial score (nSPS) is 19.5. The summed E-state index contributed by atoms with van der Waals surface area (Å²) < 4.78 is 0. The maximum absolute atomic E-state index is 11.0. The molecule has 1 aliphatic heterocycles. The fourth-order valence-electron chi connectivity index (χ4n) is 2.36. The van der Waals surface area contributed by atoms with Gasteiger partial charge in [-0.15, -0.1) is 0 Å². The highest BCUT2D eigenvalue weighted by Gasteiger charge is 2.28. The van der Waals surface area contributed by atoms with Gasteiger partial charge >= 0.3 is 0 Å². The molecule has 0 N–H and O–H groups in total. The molecule has 0 fully saturated rings. The van der Waals surface area contributed by atoms with E-state index in [0.29, 0.717) is 12.0 Å². The maximum Gasteiger partial charge on any atom is 0.152 e. The highest BCUT2D eigenvalue weighted by Crippen LogP contribution is 2.38. The summed E-state index contributed by atoms with van der Waals surface area (Å²) in [5, 5.41) is 0. The highest BCUT2D eigenvalue weighted by atomic mass is 16.1. The molecule has 1 unspecified atom stereocenters. The van der Waals surface area contributed by atoms with Crippen LogP contribution in [0.25, 0.3) is 0 Å². The lowest BCUT2D eigenvalue weighted by molar-refractivity contribution is 0.112. The van der Waals surface area contributed by atoms with Crippen LogP contribution in [0.3, 0.4) is 0 Å². The highest BCUT2D eigenvalue weighted by molar-refractivity contribution is 5.87. The Balaban J connectivity index is 2.55. The third-order valence-electron chi connectivity index (χ3n) is 3.14. The summed E-state index contributed by atoms with van der Waals surface area (Å²) in [5.74, 6) is 0.530. The largest absolute Gasteiger partial charge is 0.368 e. The number of para-hydroxylation sites is 1. The van der Waals surface area contributed by atoms with Crippen LogP contribution in [0.1, 0.15) is 42.6 Å². The van der Waals surface area contributed by atoms with E-state index in [9.17, 15) is 4.79 Å². The molecule has 2 nitrogen and oxygen atoms in total. The number of hydrogen-bond acceptors (Lipinski definition) is 2. The Bertz CT molecular complexity index is 384. The van der Waals surface area contributed by atoms with Crippen molar-refractivity contribution in [3.05, 3.63) is 29.3 Å². The molecule has 80 valence electrons. The van der Waals surface area contributed by atoms with Crippen molar-refractivity contribution >= 4 is 12.0 Å². The minimum Gasteiger partial charge on any atom is -0.368 e. The van der Waals surface area contributed by atoms with Gasteiger partial charge < -0.3 is 4.90 Å². The zero-order valence-electron chi connectivity index (χ0n) is 9.53. The summed E-state index contributed by atoms with van der Waals surface area (Å²) in [6, 6.07) is 6.46. The topological polar surface area (TPSA) is 20.3 Å². The van der Waals surface area contributed by atoms with Crippen LogP contribution < -0.4 is 4.90 Å². The van der Waals surface area contributed by atoms with Gasteiger partial charge in [0.15, 0.2) is 6.29 Å². The number of carbonyl (C=O) groups excluding carboxylic acids is 1. The van der Waals surface area contributed by atoms with Crippen molar-refractivity contribution in [2.45, 2.75) is 32.7 Å².